The molecule has 4 heteroatoms. The van der Waals surface area contributed by atoms with E-state index in [1.54, 1.807) is 0 Å². The minimum atomic E-state index is 0. The predicted molar refractivity (Wildman–Crippen MR) is 47.1 cm³/mol. The molecule has 9 heavy (non-hydrogen) atoms. The number of hydrogen-bond acceptors (Lipinski definition) is 2. The normalized spacial score (nSPS) is 34.0. The summed E-state index contributed by atoms with van der Waals surface area (Å²) in [6.07, 6.45) is 2.10. The summed E-state index contributed by atoms with van der Waals surface area (Å²) in [7, 11) is 0. The molecule has 1 saturated heterocycles. The number of hydrogen-bond donors (Lipinski definition) is 1. The van der Waals surface area contributed by atoms with Gasteiger partial charge in [-0.2, -0.15) is 11.8 Å². The quantitative estimate of drug-likeness (QED) is 0.623. The number of thioether (sulfide) groups is 1. The highest BCUT2D eigenvalue weighted by Gasteiger charge is 2.23. The topological polar surface area (TPSA) is 12.0 Å². The van der Waals surface area contributed by atoms with Crippen molar-refractivity contribution in [3.05, 3.63) is 0 Å². The summed E-state index contributed by atoms with van der Waals surface area (Å²) >= 11 is 7.74. The number of halogens is 2. The van der Waals surface area contributed by atoms with Crippen LogP contribution >= 0.6 is 35.8 Å². The van der Waals surface area contributed by atoms with Gasteiger partial charge in [-0.05, 0) is 6.26 Å². The maximum absolute atomic E-state index is 5.90. The van der Waals surface area contributed by atoms with E-state index in [9.17, 15) is 0 Å². The maximum atomic E-state index is 5.90. The zero-order chi connectivity index (χ0) is 5.98. The molecule has 0 aromatic rings. The van der Waals surface area contributed by atoms with E-state index in [0.29, 0.717) is 10.6 Å². The summed E-state index contributed by atoms with van der Waals surface area (Å²) in [6, 6.07) is 0. The lowest BCUT2D eigenvalue weighted by molar-refractivity contribution is 0.860. The van der Waals surface area contributed by atoms with Crippen LogP contribution in [0.2, 0.25) is 0 Å². The van der Waals surface area contributed by atoms with E-state index in [0.717, 1.165) is 13.1 Å². The van der Waals surface area contributed by atoms with Crippen molar-refractivity contribution in [2.24, 2.45) is 0 Å². The number of nitrogens with one attached hydrogen (secondary N) is 1. The first kappa shape index (κ1) is 9.89. The standard InChI is InChI=1S/C5H10ClNS.ClH/c1-8-5-3-7-2-4(5)6;/h4-5,7H,2-3H2,1H3;1H/t4-,5+;/m0./s1. The zero-order valence-electron chi connectivity index (χ0n) is 5.26. The molecule has 1 aliphatic rings. The summed E-state index contributed by atoms with van der Waals surface area (Å²) in [5.74, 6) is 0. The van der Waals surface area contributed by atoms with Crippen molar-refractivity contribution >= 4 is 35.8 Å². The van der Waals surface area contributed by atoms with Crippen LogP contribution in [0.5, 0.6) is 0 Å². The van der Waals surface area contributed by atoms with Gasteiger partial charge in [-0.3, -0.25) is 0 Å². The third-order valence-corrected chi connectivity index (χ3v) is 3.10. The lowest BCUT2D eigenvalue weighted by Gasteiger charge is -2.06. The van der Waals surface area contributed by atoms with Gasteiger partial charge in [-0.1, -0.05) is 0 Å². The van der Waals surface area contributed by atoms with E-state index < -0.39 is 0 Å². The molecule has 0 radical (unpaired) electrons. The van der Waals surface area contributed by atoms with Gasteiger partial charge in [0.25, 0.3) is 0 Å². The van der Waals surface area contributed by atoms with Crippen molar-refractivity contribution in [1.82, 2.24) is 5.32 Å². The number of alkyl halides is 1. The Bertz CT molecular complexity index is 81.4. The number of rotatable bonds is 1. The predicted octanol–water partition coefficient (Wildman–Crippen LogP) is 1.35. The molecule has 0 spiro atoms. The molecule has 2 atom stereocenters. The van der Waals surface area contributed by atoms with Crippen LogP contribution in [0, 0.1) is 0 Å². The van der Waals surface area contributed by atoms with Gasteiger partial charge in [0, 0.05) is 18.3 Å². The maximum Gasteiger partial charge on any atom is 0.0591 e. The molecular formula is C5H11Cl2NS. The lowest BCUT2D eigenvalue weighted by Crippen LogP contribution is -2.13. The smallest absolute Gasteiger partial charge is 0.0591 e. The van der Waals surface area contributed by atoms with E-state index in [4.69, 9.17) is 11.6 Å². The van der Waals surface area contributed by atoms with Crippen molar-refractivity contribution in [2.45, 2.75) is 10.6 Å². The molecule has 1 aliphatic heterocycles. The molecular weight excluding hydrogens is 177 g/mol. The van der Waals surface area contributed by atoms with Crippen LogP contribution in [0.3, 0.4) is 0 Å². The summed E-state index contributed by atoms with van der Waals surface area (Å²) in [5.41, 5.74) is 0. The summed E-state index contributed by atoms with van der Waals surface area (Å²) in [4.78, 5) is 0. The third kappa shape index (κ3) is 2.54. The van der Waals surface area contributed by atoms with E-state index in [1.165, 1.54) is 0 Å². The highest BCUT2D eigenvalue weighted by Crippen LogP contribution is 2.18. The minimum Gasteiger partial charge on any atom is -0.314 e. The Balaban J connectivity index is 0.000000640. The second kappa shape index (κ2) is 4.67. The van der Waals surface area contributed by atoms with Gasteiger partial charge in [0.15, 0.2) is 0 Å². The molecule has 1 fully saturated rings. The van der Waals surface area contributed by atoms with Crippen LogP contribution < -0.4 is 5.32 Å². The highest BCUT2D eigenvalue weighted by molar-refractivity contribution is 7.99. The SMILES string of the molecule is CS[C@@H]1CNC[C@@H]1Cl.Cl. The second-order valence-corrected chi connectivity index (χ2v) is 3.59. The Labute approximate surface area is 71.3 Å². The van der Waals surface area contributed by atoms with Crippen LogP contribution in [-0.2, 0) is 0 Å². The molecule has 0 aromatic heterocycles. The zero-order valence-corrected chi connectivity index (χ0v) is 7.65. The molecule has 0 unspecified atom stereocenters. The fourth-order valence-corrected chi connectivity index (χ4v) is 2.04. The van der Waals surface area contributed by atoms with Gasteiger partial charge < -0.3 is 5.32 Å². The van der Waals surface area contributed by atoms with Crippen LogP contribution in [0.25, 0.3) is 0 Å². The molecule has 56 valence electrons. The van der Waals surface area contributed by atoms with E-state index in [2.05, 4.69) is 11.6 Å². The van der Waals surface area contributed by atoms with Gasteiger partial charge in [0.1, 0.15) is 0 Å². The average Bonchev–Trinajstić information content (AvgIpc) is 2.14. The Morgan fingerprint density at radius 1 is 1.56 bits per heavy atom. The molecule has 1 N–H and O–H groups in total. The molecule has 1 rings (SSSR count). The summed E-state index contributed by atoms with van der Waals surface area (Å²) < 4.78 is 0. The Morgan fingerprint density at radius 3 is 2.44 bits per heavy atom. The Hall–Kier alpha value is 0.890. The van der Waals surface area contributed by atoms with Gasteiger partial charge in [-0.25, -0.2) is 0 Å². The van der Waals surface area contributed by atoms with Crippen LogP contribution in [-0.4, -0.2) is 30.0 Å². The Morgan fingerprint density at radius 2 is 2.22 bits per heavy atom. The van der Waals surface area contributed by atoms with Gasteiger partial charge in [0.05, 0.1) is 5.38 Å². The molecule has 0 aromatic carbocycles. The second-order valence-electron chi connectivity index (χ2n) is 1.95. The third-order valence-electron chi connectivity index (χ3n) is 1.39. The van der Waals surface area contributed by atoms with Crippen LogP contribution in [0.15, 0.2) is 0 Å². The van der Waals surface area contributed by atoms with Crippen molar-refractivity contribution in [3.8, 4) is 0 Å². The van der Waals surface area contributed by atoms with Crippen molar-refractivity contribution in [1.29, 1.82) is 0 Å². The van der Waals surface area contributed by atoms with Gasteiger partial charge >= 0.3 is 0 Å². The Kier molecular flexibility index (Phi) is 5.13. The minimum absolute atomic E-state index is 0. The van der Waals surface area contributed by atoms with E-state index >= 15 is 0 Å². The van der Waals surface area contributed by atoms with Gasteiger partial charge in [-0.15, -0.1) is 24.0 Å². The fourth-order valence-electron chi connectivity index (χ4n) is 0.854. The van der Waals surface area contributed by atoms with Crippen LogP contribution in [0.4, 0.5) is 0 Å². The fraction of sp³-hybridized carbons (Fsp3) is 1.00. The molecule has 1 heterocycles. The highest BCUT2D eigenvalue weighted by atomic mass is 35.5. The first-order valence-electron chi connectivity index (χ1n) is 2.72. The average molecular weight is 188 g/mol. The first-order valence-corrected chi connectivity index (χ1v) is 4.44. The molecule has 0 bridgehead atoms. The molecule has 0 amide bonds. The summed E-state index contributed by atoms with van der Waals surface area (Å²) in [5, 5.41) is 4.21. The summed E-state index contributed by atoms with van der Waals surface area (Å²) in [6.45, 7) is 2.06. The van der Waals surface area contributed by atoms with Crippen LogP contribution in [0.1, 0.15) is 0 Å². The van der Waals surface area contributed by atoms with Gasteiger partial charge in [0.2, 0.25) is 0 Å². The van der Waals surface area contributed by atoms with E-state index in [-0.39, 0.29) is 12.4 Å². The molecule has 0 aliphatic carbocycles. The lowest BCUT2D eigenvalue weighted by atomic mass is 10.4. The van der Waals surface area contributed by atoms with Crippen molar-refractivity contribution in [2.75, 3.05) is 19.3 Å². The largest absolute Gasteiger partial charge is 0.314 e. The first-order chi connectivity index (χ1) is 3.84. The monoisotopic (exact) mass is 187 g/mol. The van der Waals surface area contributed by atoms with Crippen molar-refractivity contribution < 1.29 is 0 Å². The van der Waals surface area contributed by atoms with E-state index in [1.807, 2.05) is 11.8 Å². The molecule has 1 nitrogen and oxygen atoms in total. The van der Waals surface area contributed by atoms with Crippen molar-refractivity contribution in [3.63, 3.8) is 0 Å². The molecule has 0 saturated carbocycles.